The van der Waals surface area contributed by atoms with Crippen molar-refractivity contribution in [2.45, 2.75) is 6.42 Å². The maximum absolute atomic E-state index is 12.3. The zero-order chi connectivity index (χ0) is 19.1. The number of anilines is 1. The van der Waals surface area contributed by atoms with Crippen molar-refractivity contribution in [2.75, 3.05) is 39.3 Å². The van der Waals surface area contributed by atoms with Crippen LogP contribution in [0.4, 0.5) is 5.69 Å². The van der Waals surface area contributed by atoms with Gasteiger partial charge in [0, 0.05) is 44.4 Å². The van der Waals surface area contributed by atoms with Gasteiger partial charge in [0.2, 0.25) is 17.7 Å². The fourth-order valence-corrected chi connectivity index (χ4v) is 2.68. The van der Waals surface area contributed by atoms with Crippen molar-refractivity contribution in [3.05, 3.63) is 30.4 Å². The molecule has 1 atom stereocenters. The number of hydrogen-bond donors (Lipinski definition) is 2. The molecule has 0 aromatic heterocycles. The molecule has 8 heteroatoms. The van der Waals surface area contributed by atoms with Crippen LogP contribution in [-0.2, 0) is 14.4 Å². The highest BCUT2D eigenvalue weighted by atomic mass is 16.5. The first-order valence-corrected chi connectivity index (χ1v) is 8.18. The molecule has 0 bridgehead atoms. The molecule has 8 nitrogen and oxygen atoms in total. The third kappa shape index (κ3) is 4.53. The molecule has 1 aliphatic heterocycles. The van der Waals surface area contributed by atoms with Gasteiger partial charge in [-0.1, -0.05) is 6.08 Å². The standard InChI is InChI=1S/C18H23N3O5/c1-19-16(22)5-4-8-20-18(24)12-9-17(23)21(11-12)13-6-7-14(25-2)15(10-13)26-3/h4-7,10,12H,8-9,11H2,1-3H3,(H,19,22)(H,20,24). The lowest BCUT2D eigenvalue weighted by molar-refractivity contribution is -0.126. The van der Waals surface area contributed by atoms with Crippen molar-refractivity contribution >= 4 is 23.4 Å². The van der Waals surface area contributed by atoms with Crippen LogP contribution in [0.15, 0.2) is 30.4 Å². The van der Waals surface area contributed by atoms with E-state index < -0.39 is 5.92 Å². The number of carbonyl (C=O) groups is 3. The van der Waals surface area contributed by atoms with Crippen LogP contribution in [-0.4, -0.2) is 52.1 Å². The van der Waals surface area contributed by atoms with E-state index in [1.54, 1.807) is 29.2 Å². The van der Waals surface area contributed by atoms with Crippen LogP contribution in [0, 0.1) is 5.92 Å². The number of methoxy groups -OCH3 is 2. The SMILES string of the molecule is CNC(=O)C=CCNC(=O)C1CC(=O)N(c2ccc(OC)c(OC)c2)C1. The summed E-state index contributed by atoms with van der Waals surface area (Å²) in [6.45, 7) is 0.520. The summed E-state index contributed by atoms with van der Waals surface area (Å²) in [7, 11) is 4.59. The highest BCUT2D eigenvalue weighted by molar-refractivity contribution is 6.00. The summed E-state index contributed by atoms with van der Waals surface area (Å²) in [6, 6.07) is 5.19. The Morgan fingerprint density at radius 2 is 2.00 bits per heavy atom. The summed E-state index contributed by atoms with van der Waals surface area (Å²) < 4.78 is 10.4. The van der Waals surface area contributed by atoms with E-state index in [0.29, 0.717) is 23.7 Å². The Labute approximate surface area is 152 Å². The number of likely N-dealkylation sites (N-methyl/N-ethyl adjacent to an activating group) is 1. The predicted octanol–water partition coefficient (Wildman–Crippen LogP) is 0.475. The smallest absolute Gasteiger partial charge is 0.243 e. The lowest BCUT2D eigenvalue weighted by Crippen LogP contribution is -2.33. The molecule has 1 aromatic rings. The number of rotatable bonds is 7. The molecule has 2 N–H and O–H groups in total. The van der Waals surface area contributed by atoms with Crippen molar-refractivity contribution in [2.24, 2.45) is 5.92 Å². The lowest BCUT2D eigenvalue weighted by atomic mass is 10.1. The zero-order valence-corrected chi connectivity index (χ0v) is 15.1. The second-order valence-corrected chi connectivity index (χ2v) is 5.71. The normalized spacial score (nSPS) is 16.7. The fourth-order valence-electron chi connectivity index (χ4n) is 2.68. The Morgan fingerprint density at radius 3 is 2.65 bits per heavy atom. The van der Waals surface area contributed by atoms with Crippen LogP contribution in [0.2, 0.25) is 0 Å². The first kappa shape index (κ1) is 19.3. The van der Waals surface area contributed by atoms with Crippen LogP contribution in [0.1, 0.15) is 6.42 Å². The largest absolute Gasteiger partial charge is 0.493 e. The first-order valence-electron chi connectivity index (χ1n) is 8.18. The van der Waals surface area contributed by atoms with Crippen LogP contribution >= 0.6 is 0 Å². The third-order valence-electron chi connectivity index (χ3n) is 4.08. The summed E-state index contributed by atoms with van der Waals surface area (Å²) in [4.78, 5) is 37.2. The van der Waals surface area contributed by atoms with Gasteiger partial charge in [0.05, 0.1) is 20.1 Å². The molecule has 0 spiro atoms. The minimum Gasteiger partial charge on any atom is -0.493 e. The molecular weight excluding hydrogens is 338 g/mol. The predicted molar refractivity (Wildman–Crippen MR) is 96.2 cm³/mol. The molecule has 3 amide bonds. The van der Waals surface area contributed by atoms with Crippen molar-refractivity contribution in [1.29, 1.82) is 0 Å². The van der Waals surface area contributed by atoms with Gasteiger partial charge >= 0.3 is 0 Å². The van der Waals surface area contributed by atoms with Crippen molar-refractivity contribution in [3.63, 3.8) is 0 Å². The maximum atomic E-state index is 12.3. The average molecular weight is 361 g/mol. The van der Waals surface area contributed by atoms with Gasteiger partial charge in [-0.3, -0.25) is 14.4 Å². The molecule has 0 radical (unpaired) electrons. The van der Waals surface area contributed by atoms with Gasteiger partial charge in [-0.2, -0.15) is 0 Å². The van der Waals surface area contributed by atoms with E-state index in [-0.39, 0.29) is 30.7 Å². The molecule has 1 aromatic carbocycles. The van der Waals surface area contributed by atoms with E-state index in [1.165, 1.54) is 27.3 Å². The Hall–Kier alpha value is -3.03. The zero-order valence-electron chi connectivity index (χ0n) is 15.1. The Balaban J connectivity index is 1.98. The Kier molecular flexibility index (Phi) is 6.60. The van der Waals surface area contributed by atoms with Crippen LogP contribution < -0.4 is 25.0 Å². The second kappa shape index (κ2) is 8.89. The van der Waals surface area contributed by atoms with Gasteiger partial charge in [-0.15, -0.1) is 0 Å². The number of ether oxygens (including phenoxy) is 2. The van der Waals surface area contributed by atoms with Crippen LogP contribution in [0.3, 0.4) is 0 Å². The summed E-state index contributed by atoms with van der Waals surface area (Å²) in [5.74, 6) is 0.0604. The van der Waals surface area contributed by atoms with Crippen molar-refractivity contribution in [1.82, 2.24) is 10.6 Å². The fraction of sp³-hybridized carbons (Fsp3) is 0.389. The molecule has 1 fully saturated rings. The van der Waals surface area contributed by atoms with E-state index in [0.717, 1.165) is 0 Å². The quantitative estimate of drug-likeness (QED) is 0.689. The first-order chi connectivity index (χ1) is 12.5. The lowest BCUT2D eigenvalue weighted by Gasteiger charge is -2.18. The van der Waals surface area contributed by atoms with Gasteiger partial charge in [0.15, 0.2) is 11.5 Å². The molecule has 1 unspecified atom stereocenters. The molecular formula is C18H23N3O5. The summed E-state index contributed by atoms with van der Waals surface area (Å²) >= 11 is 0. The summed E-state index contributed by atoms with van der Waals surface area (Å²) in [5.41, 5.74) is 0.655. The molecule has 2 rings (SSSR count). The van der Waals surface area contributed by atoms with Crippen molar-refractivity contribution < 1.29 is 23.9 Å². The average Bonchev–Trinajstić information content (AvgIpc) is 3.05. The maximum Gasteiger partial charge on any atom is 0.243 e. The van der Waals surface area contributed by atoms with Gasteiger partial charge in [0.25, 0.3) is 0 Å². The van der Waals surface area contributed by atoms with Crippen LogP contribution in [0.25, 0.3) is 0 Å². The Morgan fingerprint density at radius 1 is 1.27 bits per heavy atom. The van der Waals surface area contributed by atoms with E-state index in [1.807, 2.05) is 0 Å². The number of nitrogens with one attached hydrogen (secondary N) is 2. The topological polar surface area (TPSA) is 97.0 Å². The molecule has 0 saturated carbocycles. The van der Waals surface area contributed by atoms with E-state index in [4.69, 9.17) is 9.47 Å². The van der Waals surface area contributed by atoms with E-state index in [2.05, 4.69) is 10.6 Å². The molecule has 1 aliphatic rings. The number of nitrogens with zero attached hydrogens (tertiary/aromatic N) is 1. The third-order valence-corrected chi connectivity index (χ3v) is 4.08. The minimum atomic E-state index is -0.441. The van der Waals surface area contributed by atoms with Gasteiger partial charge < -0.3 is 25.0 Å². The molecule has 1 heterocycles. The summed E-state index contributed by atoms with van der Waals surface area (Å²) in [6.07, 6.45) is 3.04. The molecule has 140 valence electrons. The molecule has 1 saturated heterocycles. The number of benzene rings is 1. The highest BCUT2D eigenvalue weighted by Gasteiger charge is 2.35. The summed E-state index contributed by atoms with van der Waals surface area (Å²) in [5, 5.41) is 5.15. The van der Waals surface area contributed by atoms with Gasteiger partial charge in [-0.05, 0) is 12.1 Å². The monoisotopic (exact) mass is 361 g/mol. The number of amides is 3. The van der Waals surface area contributed by atoms with Crippen LogP contribution in [0.5, 0.6) is 11.5 Å². The van der Waals surface area contributed by atoms with Gasteiger partial charge in [-0.25, -0.2) is 0 Å². The minimum absolute atomic E-state index is 0.127. The highest BCUT2D eigenvalue weighted by Crippen LogP contribution is 2.34. The number of hydrogen-bond acceptors (Lipinski definition) is 5. The number of carbonyl (C=O) groups excluding carboxylic acids is 3. The molecule has 26 heavy (non-hydrogen) atoms. The van der Waals surface area contributed by atoms with Gasteiger partial charge in [0.1, 0.15) is 0 Å². The van der Waals surface area contributed by atoms with Crippen molar-refractivity contribution in [3.8, 4) is 11.5 Å². The second-order valence-electron chi connectivity index (χ2n) is 5.71. The van der Waals surface area contributed by atoms with E-state index in [9.17, 15) is 14.4 Å². The van der Waals surface area contributed by atoms with E-state index >= 15 is 0 Å². The Bertz CT molecular complexity index is 717. The molecule has 0 aliphatic carbocycles.